The molecule has 1 aromatic carbocycles. The molecule has 0 bridgehead atoms. The van der Waals surface area contributed by atoms with Crippen LogP contribution in [0.1, 0.15) is 51.6 Å². The molecule has 1 aromatic rings. The Balaban J connectivity index is 2.38. The lowest BCUT2D eigenvalue weighted by Gasteiger charge is -2.35. The first-order valence-electron chi connectivity index (χ1n) is 7.98. The second-order valence-corrected chi connectivity index (χ2v) is 6.63. The molecular weight excluding hydrogens is 262 g/mol. The molecule has 118 valence electrons. The van der Waals surface area contributed by atoms with Crippen LogP contribution in [0.2, 0.25) is 0 Å². The highest BCUT2D eigenvalue weighted by molar-refractivity contribution is 5.43. The number of methoxy groups -OCH3 is 2. The molecule has 0 amide bonds. The Hall–Kier alpha value is -1.22. The van der Waals surface area contributed by atoms with E-state index in [0.717, 1.165) is 18.0 Å². The van der Waals surface area contributed by atoms with Crippen LogP contribution < -0.4 is 14.8 Å². The third-order valence-corrected chi connectivity index (χ3v) is 4.94. The Morgan fingerprint density at radius 1 is 1.29 bits per heavy atom. The molecule has 1 fully saturated rings. The molecule has 1 saturated carbocycles. The van der Waals surface area contributed by atoms with E-state index in [1.54, 1.807) is 14.2 Å². The molecule has 21 heavy (non-hydrogen) atoms. The number of hydrogen-bond donors (Lipinski definition) is 1. The minimum atomic E-state index is 0.341. The van der Waals surface area contributed by atoms with Gasteiger partial charge >= 0.3 is 0 Å². The smallest absolute Gasteiger partial charge is 0.127 e. The van der Waals surface area contributed by atoms with Crippen LogP contribution in [-0.2, 0) is 0 Å². The predicted molar refractivity (Wildman–Crippen MR) is 87.1 cm³/mol. The van der Waals surface area contributed by atoms with Crippen molar-refractivity contribution >= 4 is 0 Å². The lowest BCUT2D eigenvalue weighted by atomic mass is 9.75. The summed E-state index contributed by atoms with van der Waals surface area (Å²) in [6, 6.07) is 6.51. The zero-order chi connectivity index (χ0) is 15.5. The van der Waals surface area contributed by atoms with Gasteiger partial charge in [0.25, 0.3) is 0 Å². The summed E-state index contributed by atoms with van der Waals surface area (Å²) < 4.78 is 10.9. The van der Waals surface area contributed by atoms with E-state index in [1.807, 2.05) is 12.1 Å². The first-order chi connectivity index (χ1) is 10.0. The minimum absolute atomic E-state index is 0.341. The van der Waals surface area contributed by atoms with Crippen LogP contribution in [0.25, 0.3) is 0 Å². The number of benzene rings is 1. The highest BCUT2D eigenvalue weighted by Gasteiger charge is 2.40. The number of hydrogen-bond acceptors (Lipinski definition) is 3. The molecular formula is C18H29NO2. The van der Waals surface area contributed by atoms with Gasteiger partial charge in [0.05, 0.1) is 14.2 Å². The molecule has 0 saturated heterocycles. The quantitative estimate of drug-likeness (QED) is 0.853. The Morgan fingerprint density at radius 2 is 2.05 bits per heavy atom. The van der Waals surface area contributed by atoms with Crippen molar-refractivity contribution in [2.24, 2.45) is 11.3 Å². The van der Waals surface area contributed by atoms with E-state index in [-0.39, 0.29) is 0 Å². The average molecular weight is 291 g/mol. The second kappa shape index (κ2) is 6.69. The highest BCUT2D eigenvalue weighted by Crippen LogP contribution is 2.50. The van der Waals surface area contributed by atoms with Gasteiger partial charge in [-0.25, -0.2) is 0 Å². The van der Waals surface area contributed by atoms with Gasteiger partial charge in [0, 0.05) is 17.7 Å². The van der Waals surface area contributed by atoms with Crippen molar-refractivity contribution in [3.05, 3.63) is 23.8 Å². The van der Waals surface area contributed by atoms with Crippen LogP contribution in [0.5, 0.6) is 11.5 Å². The van der Waals surface area contributed by atoms with Crippen molar-refractivity contribution in [1.29, 1.82) is 0 Å². The Labute approximate surface area is 129 Å². The fraction of sp³-hybridized carbons (Fsp3) is 0.667. The Kier molecular flexibility index (Phi) is 5.15. The topological polar surface area (TPSA) is 30.5 Å². The third kappa shape index (κ3) is 3.34. The maximum absolute atomic E-state index is 5.62. The molecule has 1 aliphatic rings. The van der Waals surface area contributed by atoms with E-state index in [9.17, 15) is 0 Å². The summed E-state index contributed by atoms with van der Waals surface area (Å²) in [4.78, 5) is 0. The molecule has 0 aliphatic heterocycles. The van der Waals surface area contributed by atoms with Crippen LogP contribution in [0.4, 0.5) is 0 Å². The summed E-state index contributed by atoms with van der Waals surface area (Å²) in [7, 11) is 3.43. The molecule has 1 N–H and O–H groups in total. The molecule has 0 heterocycles. The van der Waals surface area contributed by atoms with Gasteiger partial charge in [-0.15, -0.1) is 0 Å². The van der Waals surface area contributed by atoms with Gasteiger partial charge in [-0.2, -0.15) is 0 Å². The van der Waals surface area contributed by atoms with Gasteiger partial charge < -0.3 is 14.8 Å². The molecule has 2 rings (SSSR count). The summed E-state index contributed by atoms with van der Waals surface area (Å²) in [5, 5.41) is 3.69. The summed E-state index contributed by atoms with van der Waals surface area (Å²) >= 11 is 0. The van der Waals surface area contributed by atoms with Crippen molar-refractivity contribution in [1.82, 2.24) is 5.32 Å². The number of ether oxygens (including phenoxy) is 2. The molecule has 0 aromatic heterocycles. The van der Waals surface area contributed by atoms with Gasteiger partial charge in [0.1, 0.15) is 11.5 Å². The Bertz CT molecular complexity index is 470. The number of nitrogens with one attached hydrogen (secondary N) is 1. The monoisotopic (exact) mass is 291 g/mol. The lowest BCUT2D eigenvalue weighted by Crippen LogP contribution is -2.34. The van der Waals surface area contributed by atoms with E-state index in [2.05, 4.69) is 32.2 Å². The molecule has 2 unspecified atom stereocenters. The van der Waals surface area contributed by atoms with Crippen molar-refractivity contribution in [3.63, 3.8) is 0 Å². The van der Waals surface area contributed by atoms with Gasteiger partial charge in [-0.05, 0) is 36.8 Å². The van der Waals surface area contributed by atoms with Gasteiger partial charge in [-0.1, -0.05) is 33.3 Å². The molecule has 3 nitrogen and oxygen atoms in total. The largest absolute Gasteiger partial charge is 0.497 e. The standard InChI is InChI=1S/C18H29NO2/c1-6-19-17(15-8-7-11-18(15,2)3)14-10-9-13(20-4)12-16(14)21-5/h9-10,12,15,17,19H,6-8,11H2,1-5H3. The fourth-order valence-corrected chi connectivity index (χ4v) is 3.74. The van der Waals surface area contributed by atoms with Crippen LogP contribution in [0.3, 0.4) is 0 Å². The summed E-state index contributed by atoms with van der Waals surface area (Å²) in [5.74, 6) is 2.40. The molecule has 3 heteroatoms. The van der Waals surface area contributed by atoms with Crippen molar-refractivity contribution < 1.29 is 9.47 Å². The van der Waals surface area contributed by atoms with Crippen molar-refractivity contribution in [3.8, 4) is 11.5 Å². The molecule has 0 radical (unpaired) electrons. The molecule has 1 aliphatic carbocycles. The van der Waals surface area contributed by atoms with E-state index in [0.29, 0.717) is 17.4 Å². The van der Waals surface area contributed by atoms with Gasteiger partial charge in [0.2, 0.25) is 0 Å². The summed E-state index contributed by atoms with van der Waals surface area (Å²) in [6.45, 7) is 7.92. The van der Waals surface area contributed by atoms with E-state index < -0.39 is 0 Å². The van der Waals surface area contributed by atoms with E-state index >= 15 is 0 Å². The molecule has 2 atom stereocenters. The summed E-state index contributed by atoms with van der Waals surface area (Å²) in [5.41, 5.74) is 1.62. The summed E-state index contributed by atoms with van der Waals surface area (Å²) in [6.07, 6.45) is 3.90. The predicted octanol–water partition coefficient (Wildman–Crippen LogP) is 4.18. The zero-order valence-electron chi connectivity index (χ0n) is 14.0. The normalized spacial score (nSPS) is 22.0. The lowest BCUT2D eigenvalue weighted by molar-refractivity contribution is 0.196. The molecule has 0 spiro atoms. The van der Waals surface area contributed by atoms with E-state index in [4.69, 9.17) is 9.47 Å². The fourth-order valence-electron chi connectivity index (χ4n) is 3.74. The third-order valence-electron chi connectivity index (χ3n) is 4.94. The van der Waals surface area contributed by atoms with Gasteiger partial charge in [-0.3, -0.25) is 0 Å². The van der Waals surface area contributed by atoms with Crippen LogP contribution >= 0.6 is 0 Å². The second-order valence-electron chi connectivity index (χ2n) is 6.63. The maximum Gasteiger partial charge on any atom is 0.127 e. The first kappa shape index (κ1) is 16.2. The average Bonchev–Trinajstić information content (AvgIpc) is 2.83. The first-order valence-corrected chi connectivity index (χ1v) is 7.98. The SMILES string of the molecule is CCNC(c1ccc(OC)cc1OC)C1CCCC1(C)C. The van der Waals surface area contributed by atoms with Crippen LogP contribution in [0.15, 0.2) is 18.2 Å². The Morgan fingerprint density at radius 3 is 2.57 bits per heavy atom. The van der Waals surface area contributed by atoms with Crippen LogP contribution in [0, 0.1) is 11.3 Å². The minimum Gasteiger partial charge on any atom is -0.497 e. The van der Waals surface area contributed by atoms with Crippen molar-refractivity contribution in [2.45, 2.75) is 46.1 Å². The van der Waals surface area contributed by atoms with Gasteiger partial charge in [0.15, 0.2) is 0 Å². The maximum atomic E-state index is 5.62. The zero-order valence-corrected chi connectivity index (χ0v) is 14.0. The number of rotatable bonds is 6. The highest BCUT2D eigenvalue weighted by atomic mass is 16.5. The van der Waals surface area contributed by atoms with Crippen LogP contribution in [-0.4, -0.2) is 20.8 Å². The van der Waals surface area contributed by atoms with Crippen molar-refractivity contribution in [2.75, 3.05) is 20.8 Å². The van der Waals surface area contributed by atoms with E-state index in [1.165, 1.54) is 24.8 Å².